The van der Waals surface area contributed by atoms with Gasteiger partial charge in [0, 0.05) is 45.2 Å². The Hall–Kier alpha value is -2.68. The van der Waals surface area contributed by atoms with Crippen molar-refractivity contribution in [3.8, 4) is 5.69 Å². The number of anilines is 1. The molecule has 3 fully saturated rings. The predicted molar refractivity (Wildman–Crippen MR) is 107 cm³/mol. The van der Waals surface area contributed by atoms with Crippen LogP contribution >= 0.6 is 0 Å². The highest BCUT2D eigenvalue weighted by Crippen LogP contribution is 2.37. The van der Waals surface area contributed by atoms with Crippen molar-refractivity contribution in [2.45, 2.75) is 31.3 Å². The van der Waals surface area contributed by atoms with E-state index in [1.807, 2.05) is 40.1 Å². The van der Waals surface area contributed by atoms with Crippen LogP contribution in [0.3, 0.4) is 0 Å². The number of para-hydroxylation sites is 1. The Kier molecular flexibility index (Phi) is 4.61. The summed E-state index contributed by atoms with van der Waals surface area (Å²) in [5, 5.41) is 23.5. The van der Waals surface area contributed by atoms with Crippen LogP contribution in [0, 0.1) is 5.92 Å². The molecule has 3 aliphatic rings. The second-order valence-electron chi connectivity index (χ2n) is 8.40. The summed E-state index contributed by atoms with van der Waals surface area (Å²) in [6, 6.07) is 9.93. The van der Waals surface area contributed by atoms with Gasteiger partial charge in [0.25, 0.3) is 0 Å². The summed E-state index contributed by atoms with van der Waals surface area (Å²) in [5.74, 6) is 0.665. The van der Waals surface area contributed by atoms with Gasteiger partial charge in [-0.05, 0) is 48.2 Å². The fraction of sp³-hybridized carbons (Fsp3) is 0.600. The van der Waals surface area contributed by atoms with E-state index in [-0.39, 0.29) is 11.9 Å². The Morgan fingerprint density at radius 2 is 1.76 bits per heavy atom. The summed E-state index contributed by atoms with van der Waals surface area (Å²) in [4.78, 5) is 18.9. The molecule has 3 saturated heterocycles. The number of amides is 2. The van der Waals surface area contributed by atoms with E-state index in [2.05, 4.69) is 20.4 Å². The van der Waals surface area contributed by atoms with Crippen molar-refractivity contribution < 1.29 is 9.90 Å². The van der Waals surface area contributed by atoms with Gasteiger partial charge in [-0.2, -0.15) is 4.68 Å². The van der Waals surface area contributed by atoms with Crippen molar-refractivity contribution in [3.05, 3.63) is 30.3 Å². The molecule has 2 atom stereocenters. The van der Waals surface area contributed by atoms with Crippen LogP contribution in [0.5, 0.6) is 0 Å². The Bertz CT molecular complexity index is 867. The first-order chi connectivity index (χ1) is 14.1. The number of aromatic nitrogens is 4. The summed E-state index contributed by atoms with van der Waals surface area (Å²) < 4.78 is 1.74. The lowest BCUT2D eigenvalue weighted by molar-refractivity contribution is -0.0765. The van der Waals surface area contributed by atoms with Crippen LogP contribution in [0.1, 0.15) is 25.7 Å². The summed E-state index contributed by atoms with van der Waals surface area (Å²) in [6.45, 7) is 4.23. The van der Waals surface area contributed by atoms with E-state index in [0.717, 1.165) is 31.6 Å². The molecule has 0 spiro atoms. The Morgan fingerprint density at radius 3 is 2.55 bits per heavy atom. The zero-order valence-corrected chi connectivity index (χ0v) is 16.5. The molecule has 2 aromatic rings. The molecule has 9 nitrogen and oxygen atoms in total. The molecule has 2 amide bonds. The number of fused-ring (bicyclic) bond motifs is 1. The molecule has 1 aromatic heterocycles. The van der Waals surface area contributed by atoms with Crippen LogP contribution in [-0.4, -0.2) is 86.0 Å². The minimum absolute atomic E-state index is 0.0162. The molecule has 154 valence electrons. The molecule has 0 saturated carbocycles. The lowest BCUT2D eigenvalue weighted by Crippen LogP contribution is -2.62. The number of urea groups is 1. The molecular weight excluding hydrogens is 370 g/mol. The van der Waals surface area contributed by atoms with Crippen molar-refractivity contribution in [2.24, 2.45) is 5.92 Å². The number of nitrogens with zero attached hydrogens (tertiary/aromatic N) is 7. The third kappa shape index (κ3) is 3.33. The van der Waals surface area contributed by atoms with E-state index in [1.54, 1.807) is 4.68 Å². The molecule has 9 heteroatoms. The average molecular weight is 397 g/mol. The third-order valence-corrected chi connectivity index (χ3v) is 6.65. The number of tetrazole rings is 1. The van der Waals surface area contributed by atoms with E-state index in [9.17, 15) is 9.90 Å². The van der Waals surface area contributed by atoms with Gasteiger partial charge >= 0.3 is 6.03 Å². The molecule has 0 bridgehead atoms. The van der Waals surface area contributed by atoms with Crippen molar-refractivity contribution in [1.29, 1.82) is 0 Å². The van der Waals surface area contributed by atoms with Crippen molar-refractivity contribution in [3.63, 3.8) is 0 Å². The maximum absolute atomic E-state index is 12.8. The first kappa shape index (κ1) is 18.4. The SMILES string of the molecule is O=C(N1CCCC1)N1CC[C@]2(O)CCN(c3nnnn3-c3ccccc3)C[C@@H]2C1. The lowest BCUT2D eigenvalue weighted by Gasteiger charge is -2.50. The van der Waals surface area contributed by atoms with Crippen molar-refractivity contribution >= 4 is 12.0 Å². The highest BCUT2D eigenvalue weighted by atomic mass is 16.3. The Balaban J connectivity index is 1.34. The maximum Gasteiger partial charge on any atom is 0.320 e. The van der Waals surface area contributed by atoms with Crippen LogP contribution in [-0.2, 0) is 0 Å². The second kappa shape index (κ2) is 7.29. The zero-order valence-electron chi connectivity index (χ0n) is 16.5. The van der Waals surface area contributed by atoms with E-state index in [1.165, 1.54) is 0 Å². The molecular formula is C20H27N7O2. The van der Waals surface area contributed by atoms with Gasteiger partial charge in [-0.3, -0.25) is 0 Å². The number of hydrogen-bond acceptors (Lipinski definition) is 6. The predicted octanol–water partition coefficient (Wildman–Crippen LogP) is 1.14. The van der Waals surface area contributed by atoms with Gasteiger partial charge in [-0.15, -0.1) is 0 Å². The van der Waals surface area contributed by atoms with Crippen LogP contribution in [0.2, 0.25) is 0 Å². The maximum atomic E-state index is 12.8. The number of rotatable bonds is 2. The van der Waals surface area contributed by atoms with E-state index in [0.29, 0.717) is 45.0 Å². The number of carbonyl (C=O) groups is 1. The normalized spacial score (nSPS) is 27.2. The van der Waals surface area contributed by atoms with Gasteiger partial charge in [0.05, 0.1) is 11.3 Å². The van der Waals surface area contributed by atoms with Gasteiger partial charge in [0.15, 0.2) is 0 Å². The topological polar surface area (TPSA) is 90.6 Å². The van der Waals surface area contributed by atoms with Gasteiger partial charge in [0.2, 0.25) is 5.95 Å². The first-order valence-electron chi connectivity index (χ1n) is 10.5. The van der Waals surface area contributed by atoms with Gasteiger partial charge in [-0.25, -0.2) is 4.79 Å². The smallest absolute Gasteiger partial charge is 0.320 e. The minimum atomic E-state index is -0.719. The number of piperidine rings is 2. The van der Waals surface area contributed by atoms with E-state index in [4.69, 9.17) is 0 Å². The van der Waals surface area contributed by atoms with Crippen LogP contribution in [0.4, 0.5) is 10.7 Å². The minimum Gasteiger partial charge on any atom is -0.389 e. The molecule has 1 N–H and O–H groups in total. The average Bonchev–Trinajstić information content (AvgIpc) is 3.45. The van der Waals surface area contributed by atoms with E-state index < -0.39 is 5.60 Å². The van der Waals surface area contributed by atoms with Gasteiger partial charge < -0.3 is 19.8 Å². The van der Waals surface area contributed by atoms with Crippen LogP contribution in [0.25, 0.3) is 5.69 Å². The van der Waals surface area contributed by atoms with Gasteiger partial charge in [-0.1, -0.05) is 23.3 Å². The first-order valence-corrected chi connectivity index (χ1v) is 10.5. The molecule has 3 aliphatic heterocycles. The highest BCUT2D eigenvalue weighted by molar-refractivity contribution is 5.75. The molecule has 29 heavy (non-hydrogen) atoms. The Labute approximate surface area is 169 Å². The second-order valence-corrected chi connectivity index (χ2v) is 8.40. The van der Waals surface area contributed by atoms with Crippen molar-refractivity contribution in [1.82, 2.24) is 30.0 Å². The quantitative estimate of drug-likeness (QED) is 0.817. The number of aliphatic hydroxyl groups is 1. The van der Waals surface area contributed by atoms with Crippen LogP contribution < -0.4 is 4.90 Å². The third-order valence-electron chi connectivity index (χ3n) is 6.65. The van der Waals surface area contributed by atoms with E-state index >= 15 is 0 Å². The number of benzene rings is 1. The highest BCUT2D eigenvalue weighted by Gasteiger charge is 2.47. The molecule has 4 heterocycles. The standard InChI is InChI=1S/C20H27N7O2/c28-19(24-10-4-5-11-24)26-13-9-20(29)8-12-25(14-16(20)15-26)18-21-22-23-27(18)17-6-2-1-3-7-17/h1-3,6-7,16,29H,4-5,8-15H2/t16-,20-/m1/s1. The number of carbonyl (C=O) groups excluding carboxylic acids is 1. The number of hydrogen-bond donors (Lipinski definition) is 1. The monoisotopic (exact) mass is 397 g/mol. The fourth-order valence-electron chi connectivity index (χ4n) is 4.88. The largest absolute Gasteiger partial charge is 0.389 e. The number of likely N-dealkylation sites (tertiary alicyclic amines) is 2. The van der Waals surface area contributed by atoms with Crippen molar-refractivity contribution in [2.75, 3.05) is 44.2 Å². The molecule has 0 radical (unpaired) electrons. The zero-order chi connectivity index (χ0) is 19.8. The van der Waals surface area contributed by atoms with Crippen LogP contribution in [0.15, 0.2) is 30.3 Å². The summed E-state index contributed by atoms with van der Waals surface area (Å²) in [6.07, 6.45) is 3.46. The summed E-state index contributed by atoms with van der Waals surface area (Å²) in [7, 11) is 0. The molecule has 0 aliphatic carbocycles. The fourth-order valence-corrected chi connectivity index (χ4v) is 4.88. The summed E-state index contributed by atoms with van der Waals surface area (Å²) in [5.41, 5.74) is 0.186. The molecule has 0 unspecified atom stereocenters. The molecule has 5 rings (SSSR count). The molecule has 1 aromatic carbocycles. The Morgan fingerprint density at radius 1 is 1.00 bits per heavy atom. The summed E-state index contributed by atoms with van der Waals surface area (Å²) >= 11 is 0. The van der Waals surface area contributed by atoms with Gasteiger partial charge in [0.1, 0.15) is 0 Å². The lowest BCUT2D eigenvalue weighted by atomic mass is 9.76.